The number of benzene rings is 1. The molecule has 4 nitrogen and oxygen atoms in total. The van der Waals surface area contributed by atoms with Crippen LogP contribution in [0.5, 0.6) is 0 Å². The highest BCUT2D eigenvalue weighted by Gasteiger charge is 2.26. The second-order valence-corrected chi connectivity index (χ2v) is 6.06. The van der Waals surface area contributed by atoms with Crippen LogP contribution in [0, 0.1) is 0 Å². The molecular weight excluding hydrogens is 298 g/mol. The maximum Gasteiger partial charge on any atom is 0.330 e. The van der Waals surface area contributed by atoms with Crippen molar-refractivity contribution in [3.8, 4) is 0 Å². The van der Waals surface area contributed by atoms with Crippen LogP contribution in [0.25, 0.3) is 0 Å². The van der Waals surface area contributed by atoms with E-state index in [9.17, 15) is 9.59 Å². The first kappa shape index (κ1) is 16.6. The monoisotopic (exact) mass is 319 g/mol. The number of amides is 1. The van der Waals surface area contributed by atoms with Crippen LogP contribution in [-0.4, -0.2) is 41.7 Å². The van der Waals surface area contributed by atoms with E-state index in [0.717, 1.165) is 24.3 Å². The zero-order valence-electron chi connectivity index (χ0n) is 12.7. The Balaban J connectivity index is 1.86. The maximum atomic E-state index is 12.4. The molecule has 1 aliphatic rings. The number of carbonyl (C=O) groups excluding carboxylic acids is 2. The number of nitrogens with zero attached hydrogens (tertiary/aromatic N) is 1. The molecule has 118 valence electrons. The van der Waals surface area contributed by atoms with Crippen LogP contribution < -0.4 is 0 Å². The van der Waals surface area contributed by atoms with Gasteiger partial charge in [0.05, 0.1) is 18.4 Å². The van der Waals surface area contributed by atoms with Crippen LogP contribution in [0.3, 0.4) is 0 Å². The number of hydrogen-bond acceptors (Lipinski definition) is 4. The SMILES string of the molecule is CCOC(=O)/C=C/[C@@H]1CCCN1C(=O)CSc1ccccc1. The van der Waals surface area contributed by atoms with Gasteiger partial charge in [0.1, 0.15) is 0 Å². The van der Waals surface area contributed by atoms with Gasteiger partial charge < -0.3 is 9.64 Å². The zero-order chi connectivity index (χ0) is 15.8. The minimum atomic E-state index is -0.347. The molecule has 0 radical (unpaired) electrons. The first-order valence-electron chi connectivity index (χ1n) is 7.53. The molecule has 0 spiro atoms. The molecule has 5 heteroatoms. The predicted octanol–water partition coefficient (Wildman–Crippen LogP) is 2.89. The molecule has 1 atom stereocenters. The van der Waals surface area contributed by atoms with Gasteiger partial charge in [-0.15, -0.1) is 11.8 Å². The number of carbonyl (C=O) groups is 2. The second-order valence-electron chi connectivity index (χ2n) is 5.01. The molecule has 0 aromatic heterocycles. The van der Waals surface area contributed by atoms with E-state index in [2.05, 4.69) is 0 Å². The zero-order valence-corrected chi connectivity index (χ0v) is 13.6. The van der Waals surface area contributed by atoms with Gasteiger partial charge in [0.25, 0.3) is 0 Å². The van der Waals surface area contributed by atoms with Crippen molar-refractivity contribution in [2.45, 2.75) is 30.7 Å². The quantitative estimate of drug-likeness (QED) is 0.459. The van der Waals surface area contributed by atoms with E-state index in [4.69, 9.17) is 4.74 Å². The summed E-state index contributed by atoms with van der Waals surface area (Å²) in [7, 11) is 0. The minimum Gasteiger partial charge on any atom is -0.463 e. The Bertz CT molecular complexity index is 530. The van der Waals surface area contributed by atoms with Crippen LogP contribution in [0.4, 0.5) is 0 Å². The third kappa shape index (κ3) is 4.91. The number of thioether (sulfide) groups is 1. The van der Waals surface area contributed by atoms with Crippen LogP contribution >= 0.6 is 11.8 Å². The molecule has 0 bridgehead atoms. The summed E-state index contributed by atoms with van der Waals surface area (Å²) in [6.07, 6.45) is 5.09. The molecule has 1 fully saturated rings. The largest absolute Gasteiger partial charge is 0.463 e. The van der Waals surface area contributed by atoms with Gasteiger partial charge in [0.2, 0.25) is 5.91 Å². The molecule has 1 aromatic carbocycles. The molecule has 1 aromatic rings. The van der Waals surface area contributed by atoms with Crippen molar-refractivity contribution in [1.82, 2.24) is 4.90 Å². The van der Waals surface area contributed by atoms with E-state index >= 15 is 0 Å². The standard InChI is InChI=1S/C17H21NO3S/c1-2-21-17(20)11-10-14-7-6-12-18(14)16(19)13-22-15-8-4-3-5-9-15/h3-5,8-11,14H,2,6-7,12-13H2,1H3/b11-10+/t14-/m0/s1. The highest BCUT2D eigenvalue weighted by atomic mass is 32.2. The lowest BCUT2D eigenvalue weighted by molar-refractivity contribution is -0.137. The van der Waals surface area contributed by atoms with E-state index in [1.165, 1.54) is 6.08 Å². The fraction of sp³-hybridized carbons (Fsp3) is 0.412. The van der Waals surface area contributed by atoms with Gasteiger partial charge in [-0.1, -0.05) is 24.3 Å². The van der Waals surface area contributed by atoms with Crippen molar-refractivity contribution < 1.29 is 14.3 Å². The Morgan fingerprint density at radius 3 is 2.86 bits per heavy atom. The second kappa shape index (κ2) is 8.63. The number of likely N-dealkylation sites (tertiary alicyclic amines) is 1. The molecule has 0 saturated carbocycles. The van der Waals surface area contributed by atoms with E-state index < -0.39 is 0 Å². The molecule has 1 aliphatic heterocycles. The molecule has 0 N–H and O–H groups in total. The summed E-state index contributed by atoms with van der Waals surface area (Å²) in [6, 6.07) is 9.90. The predicted molar refractivity (Wildman–Crippen MR) is 87.7 cm³/mol. The van der Waals surface area contributed by atoms with Crippen molar-refractivity contribution in [3.63, 3.8) is 0 Å². The van der Waals surface area contributed by atoms with Gasteiger partial charge >= 0.3 is 5.97 Å². The summed E-state index contributed by atoms with van der Waals surface area (Å²) >= 11 is 1.54. The average molecular weight is 319 g/mol. The highest BCUT2D eigenvalue weighted by molar-refractivity contribution is 8.00. The Labute approximate surface area is 135 Å². The Morgan fingerprint density at radius 1 is 1.36 bits per heavy atom. The van der Waals surface area contributed by atoms with Crippen molar-refractivity contribution in [2.75, 3.05) is 18.9 Å². The molecule has 22 heavy (non-hydrogen) atoms. The average Bonchev–Trinajstić information content (AvgIpc) is 3.00. The summed E-state index contributed by atoms with van der Waals surface area (Å²) in [4.78, 5) is 26.7. The molecule has 0 aliphatic carbocycles. The van der Waals surface area contributed by atoms with Crippen LogP contribution in [-0.2, 0) is 14.3 Å². The Hall–Kier alpha value is -1.75. The van der Waals surface area contributed by atoms with Gasteiger partial charge in [-0.25, -0.2) is 4.79 Å². The summed E-state index contributed by atoms with van der Waals surface area (Å²) in [5, 5.41) is 0. The molecule has 1 saturated heterocycles. The number of rotatable bonds is 6. The van der Waals surface area contributed by atoms with Gasteiger partial charge in [0, 0.05) is 17.5 Å². The van der Waals surface area contributed by atoms with Gasteiger partial charge in [-0.2, -0.15) is 0 Å². The maximum absolute atomic E-state index is 12.4. The first-order chi connectivity index (χ1) is 10.7. The molecule has 1 amide bonds. The lowest BCUT2D eigenvalue weighted by Gasteiger charge is -2.22. The lowest BCUT2D eigenvalue weighted by atomic mass is 10.2. The lowest BCUT2D eigenvalue weighted by Crippen LogP contribution is -2.35. The van der Waals surface area contributed by atoms with Gasteiger partial charge in [0.15, 0.2) is 0 Å². The fourth-order valence-corrected chi connectivity index (χ4v) is 3.23. The summed E-state index contributed by atoms with van der Waals surface area (Å²) in [5.41, 5.74) is 0. The smallest absolute Gasteiger partial charge is 0.330 e. The molecule has 1 heterocycles. The van der Waals surface area contributed by atoms with Crippen molar-refractivity contribution in [1.29, 1.82) is 0 Å². The van der Waals surface area contributed by atoms with Crippen molar-refractivity contribution in [3.05, 3.63) is 42.5 Å². The Morgan fingerprint density at radius 2 is 2.14 bits per heavy atom. The van der Waals surface area contributed by atoms with E-state index in [1.54, 1.807) is 24.8 Å². The van der Waals surface area contributed by atoms with E-state index in [1.807, 2.05) is 35.2 Å². The van der Waals surface area contributed by atoms with Gasteiger partial charge in [-0.3, -0.25) is 4.79 Å². The number of esters is 1. The van der Waals surface area contributed by atoms with Crippen molar-refractivity contribution in [2.24, 2.45) is 0 Å². The fourth-order valence-electron chi connectivity index (χ4n) is 2.43. The molecule has 2 rings (SSSR count). The number of ether oxygens (including phenoxy) is 1. The Kier molecular flexibility index (Phi) is 6.52. The normalized spacial score (nSPS) is 17.9. The topological polar surface area (TPSA) is 46.6 Å². The summed E-state index contributed by atoms with van der Waals surface area (Å²) in [6.45, 7) is 2.90. The number of hydrogen-bond donors (Lipinski definition) is 0. The van der Waals surface area contributed by atoms with Crippen LogP contribution in [0.1, 0.15) is 19.8 Å². The van der Waals surface area contributed by atoms with E-state index in [0.29, 0.717) is 12.4 Å². The highest BCUT2D eigenvalue weighted by Crippen LogP contribution is 2.22. The van der Waals surface area contributed by atoms with E-state index in [-0.39, 0.29) is 17.9 Å². The van der Waals surface area contributed by atoms with Crippen LogP contribution in [0.2, 0.25) is 0 Å². The third-order valence-corrected chi connectivity index (χ3v) is 4.46. The van der Waals surface area contributed by atoms with Crippen LogP contribution in [0.15, 0.2) is 47.4 Å². The molecule has 0 unspecified atom stereocenters. The first-order valence-corrected chi connectivity index (χ1v) is 8.51. The van der Waals surface area contributed by atoms with Crippen molar-refractivity contribution >= 4 is 23.6 Å². The minimum absolute atomic E-state index is 0.00767. The molecular formula is C17H21NO3S. The summed E-state index contributed by atoms with van der Waals surface area (Å²) < 4.78 is 4.87. The summed E-state index contributed by atoms with van der Waals surface area (Å²) in [5.74, 6) is 0.193. The van der Waals surface area contributed by atoms with Gasteiger partial charge in [-0.05, 0) is 31.9 Å². The third-order valence-electron chi connectivity index (χ3n) is 3.47.